The predicted octanol–water partition coefficient (Wildman–Crippen LogP) is 2.76. The molecule has 0 aromatic rings. The van der Waals surface area contributed by atoms with E-state index in [9.17, 15) is 14.4 Å². The summed E-state index contributed by atoms with van der Waals surface area (Å²) in [6.45, 7) is 1.60. The van der Waals surface area contributed by atoms with Gasteiger partial charge in [-0.1, -0.05) is 32.6 Å². The minimum absolute atomic E-state index is 0.222. The Balaban J connectivity index is 0. The minimum atomic E-state index is -0.745. The van der Waals surface area contributed by atoms with Crippen molar-refractivity contribution in [3.8, 4) is 0 Å². The van der Waals surface area contributed by atoms with Crippen LogP contribution in [-0.4, -0.2) is 33.2 Å². The van der Waals surface area contributed by atoms with E-state index in [1.165, 1.54) is 0 Å². The van der Waals surface area contributed by atoms with Crippen molar-refractivity contribution in [2.75, 3.05) is 0 Å². The molecular formula is C13H24O6. The summed E-state index contributed by atoms with van der Waals surface area (Å²) in [7, 11) is 0. The zero-order chi connectivity index (χ0) is 15.1. The van der Waals surface area contributed by atoms with Gasteiger partial charge in [-0.05, 0) is 12.8 Å². The molecule has 0 atom stereocenters. The van der Waals surface area contributed by atoms with Crippen LogP contribution in [0, 0.1) is 0 Å². The van der Waals surface area contributed by atoms with Gasteiger partial charge >= 0.3 is 17.9 Å². The number of aliphatic carboxylic acids is 3. The molecule has 0 bridgehead atoms. The van der Waals surface area contributed by atoms with Crippen molar-refractivity contribution in [1.82, 2.24) is 0 Å². The molecule has 0 saturated carbocycles. The Kier molecular flexibility index (Phi) is 15.0. The largest absolute Gasteiger partial charge is 0.481 e. The van der Waals surface area contributed by atoms with Gasteiger partial charge in [-0.25, -0.2) is 0 Å². The molecule has 0 aliphatic carbocycles. The fourth-order valence-electron chi connectivity index (χ4n) is 1.26. The van der Waals surface area contributed by atoms with Gasteiger partial charge in [0.2, 0.25) is 0 Å². The lowest BCUT2D eigenvalue weighted by molar-refractivity contribution is -0.138. The molecule has 0 amide bonds. The molecule has 0 fully saturated rings. The number of rotatable bonds is 10. The zero-order valence-corrected chi connectivity index (χ0v) is 11.4. The van der Waals surface area contributed by atoms with Crippen molar-refractivity contribution >= 4 is 17.9 Å². The highest BCUT2D eigenvalue weighted by Crippen LogP contribution is 2.08. The highest BCUT2D eigenvalue weighted by Gasteiger charge is 1.98. The van der Waals surface area contributed by atoms with Crippen molar-refractivity contribution in [3.05, 3.63) is 0 Å². The molecule has 6 nitrogen and oxygen atoms in total. The summed E-state index contributed by atoms with van der Waals surface area (Å²) in [5.41, 5.74) is 0. The van der Waals surface area contributed by atoms with Gasteiger partial charge in [-0.2, -0.15) is 0 Å². The standard InChI is InChI=1S/C10H18O4.C3H6O2/c11-9(12)7-5-3-1-2-4-6-8-10(13)14;1-2-3(4)5/h1-8H2,(H,11,12)(H,13,14);2H2,1H3,(H,4,5). The van der Waals surface area contributed by atoms with Crippen molar-refractivity contribution in [3.63, 3.8) is 0 Å². The molecule has 0 heterocycles. The van der Waals surface area contributed by atoms with E-state index in [-0.39, 0.29) is 19.3 Å². The monoisotopic (exact) mass is 276 g/mol. The van der Waals surface area contributed by atoms with Gasteiger partial charge in [0.05, 0.1) is 0 Å². The van der Waals surface area contributed by atoms with E-state index >= 15 is 0 Å². The molecule has 0 aliphatic rings. The lowest BCUT2D eigenvalue weighted by atomic mass is 10.1. The fourth-order valence-corrected chi connectivity index (χ4v) is 1.26. The van der Waals surface area contributed by atoms with Crippen molar-refractivity contribution < 1.29 is 29.7 Å². The quantitative estimate of drug-likeness (QED) is 0.529. The van der Waals surface area contributed by atoms with E-state index < -0.39 is 17.9 Å². The predicted molar refractivity (Wildman–Crippen MR) is 70.1 cm³/mol. The lowest BCUT2D eigenvalue weighted by Gasteiger charge is -1.98. The first-order valence-corrected chi connectivity index (χ1v) is 6.55. The second-order valence-corrected chi connectivity index (χ2v) is 4.16. The fraction of sp³-hybridized carbons (Fsp3) is 0.769. The van der Waals surface area contributed by atoms with E-state index in [0.29, 0.717) is 0 Å². The smallest absolute Gasteiger partial charge is 0.303 e. The molecule has 0 unspecified atom stereocenters. The van der Waals surface area contributed by atoms with Crippen LogP contribution in [0.15, 0.2) is 0 Å². The average Bonchev–Trinajstić information content (AvgIpc) is 2.32. The normalized spacial score (nSPS) is 9.32. The van der Waals surface area contributed by atoms with E-state index in [0.717, 1.165) is 38.5 Å². The molecule has 19 heavy (non-hydrogen) atoms. The van der Waals surface area contributed by atoms with Crippen molar-refractivity contribution in [1.29, 1.82) is 0 Å². The van der Waals surface area contributed by atoms with Crippen LogP contribution in [0.25, 0.3) is 0 Å². The molecule has 0 spiro atoms. The third-order valence-electron chi connectivity index (χ3n) is 2.33. The topological polar surface area (TPSA) is 112 Å². The Morgan fingerprint density at radius 3 is 1.11 bits per heavy atom. The zero-order valence-electron chi connectivity index (χ0n) is 11.4. The van der Waals surface area contributed by atoms with Crippen molar-refractivity contribution in [2.24, 2.45) is 0 Å². The molecule has 0 rings (SSSR count). The Morgan fingerprint density at radius 2 is 0.895 bits per heavy atom. The average molecular weight is 276 g/mol. The maximum Gasteiger partial charge on any atom is 0.303 e. The first kappa shape index (κ1) is 19.7. The summed E-state index contributed by atoms with van der Waals surface area (Å²) in [5, 5.41) is 24.4. The first-order valence-electron chi connectivity index (χ1n) is 6.55. The first-order chi connectivity index (χ1) is 8.90. The van der Waals surface area contributed by atoms with Gasteiger partial charge in [0.25, 0.3) is 0 Å². The van der Waals surface area contributed by atoms with Crippen LogP contribution in [0.5, 0.6) is 0 Å². The third kappa shape index (κ3) is 26.2. The SMILES string of the molecule is CCC(=O)O.O=C(O)CCCCCCCCC(=O)O. The Morgan fingerprint density at radius 1 is 0.632 bits per heavy atom. The molecule has 3 N–H and O–H groups in total. The molecule has 6 heteroatoms. The summed E-state index contributed by atoms with van der Waals surface area (Å²) in [4.78, 5) is 29.7. The Hall–Kier alpha value is -1.59. The number of carbonyl (C=O) groups is 3. The van der Waals surface area contributed by atoms with Crippen LogP contribution in [0.4, 0.5) is 0 Å². The molecular weight excluding hydrogens is 252 g/mol. The second kappa shape index (κ2) is 14.5. The van der Waals surface area contributed by atoms with E-state index in [1.807, 2.05) is 0 Å². The Labute approximate surface area is 113 Å². The van der Waals surface area contributed by atoms with Gasteiger partial charge in [-0.3, -0.25) is 14.4 Å². The summed E-state index contributed by atoms with van der Waals surface area (Å²) >= 11 is 0. The van der Waals surface area contributed by atoms with E-state index in [2.05, 4.69) is 0 Å². The summed E-state index contributed by atoms with van der Waals surface area (Å²) < 4.78 is 0. The molecule has 0 aliphatic heterocycles. The third-order valence-corrected chi connectivity index (χ3v) is 2.33. The number of unbranched alkanes of at least 4 members (excludes halogenated alkanes) is 5. The minimum Gasteiger partial charge on any atom is -0.481 e. The number of carboxylic acid groups (broad SMARTS) is 3. The van der Waals surface area contributed by atoms with Crippen LogP contribution in [0.2, 0.25) is 0 Å². The summed E-state index contributed by atoms with van der Waals surface area (Å²) in [6, 6.07) is 0. The molecule has 0 saturated heterocycles. The van der Waals surface area contributed by atoms with Gasteiger partial charge in [0, 0.05) is 19.3 Å². The lowest BCUT2D eigenvalue weighted by Crippen LogP contribution is -1.94. The van der Waals surface area contributed by atoms with Gasteiger partial charge < -0.3 is 15.3 Å². The van der Waals surface area contributed by atoms with Crippen LogP contribution in [-0.2, 0) is 14.4 Å². The maximum absolute atomic E-state index is 10.1. The highest BCUT2D eigenvalue weighted by atomic mass is 16.4. The molecule has 0 aromatic heterocycles. The van der Waals surface area contributed by atoms with Crippen LogP contribution in [0.1, 0.15) is 64.7 Å². The Bertz CT molecular complexity index is 242. The van der Waals surface area contributed by atoms with Gasteiger partial charge in [-0.15, -0.1) is 0 Å². The second-order valence-electron chi connectivity index (χ2n) is 4.16. The maximum atomic E-state index is 10.1. The highest BCUT2D eigenvalue weighted by molar-refractivity contribution is 5.67. The molecule has 0 aromatic carbocycles. The number of hydrogen-bond donors (Lipinski definition) is 3. The summed E-state index contributed by atoms with van der Waals surface area (Å²) in [6.07, 6.45) is 6.05. The van der Waals surface area contributed by atoms with Crippen LogP contribution < -0.4 is 0 Å². The summed E-state index contributed by atoms with van der Waals surface area (Å²) in [5.74, 6) is -2.23. The van der Waals surface area contributed by atoms with E-state index in [4.69, 9.17) is 15.3 Å². The van der Waals surface area contributed by atoms with Crippen molar-refractivity contribution in [2.45, 2.75) is 64.7 Å². The van der Waals surface area contributed by atoms with Crippen LogP contribution in [0.3, 0.4) is 0 Å². The van der Waals surface area contributed by atoms with Gasteiger partial charge in [0.1, 0.15) is 0 Å². The molecule has 112 valence electrons. The number of hydrogen-bond acceptors (Lipinski definition) is 3. The van der Waals surface area contributed by atoms with Crippen LogP contribution >= 0.6 is 0 Å². The number of carboxylic acids is 3. The molecule has 0 radical (unpaired) electrons. The van der Waals surface area contributed by atoms with Gasteiger partial charge in [0.15, 0.2) is 0 Å². The van der Waals surface area contributed by atoms with E-state index in [1.54, 1.807) is 6.92 Å².